The van der Waals surface area contributed by atoms with Crippen LogP contribution < -0.4 is 5.73 Å². The van der Waals surface area contributed by atoms with E-state index in [1.165, 1.54) is 5.57 Å². The zero-order valence-corrected chi connectivity index (χ0v) is 6.09. The third-order valence-corrected chi connectivity index (χ3v) is 1.53. The molecule has 1 nitrogen and oxygen atoms in total. The first-order valence-electron chi connectivity index (χ1n) is 3.66. The summed E-state index contributed by atoms with van der Waals surface area (Å²) in [5.74, 6) is 0. The number of hydrogen-bond acceptors (Lipinski definition) is 1. The maximum atomic E-state index is 5.48. The SMILES string of the molecule is NCC1=CCC/C=C/C=C1. The van der Waals surface area contributed by atoms with Gasteiger partial charge in [-0.3, -0.25) is 0 Å². The van der Waals surface area contributed by atoms with Gasteiger partial charge in [0.1, 0.15) is 0 Å². The van der Waals surface area contributed by atoms with Crippen molar-refractivity contribution >= 4 is 0 Å². The molecule has 0 heterocycles. The minimum atomic E-state index is 0.657. The minimum absolute atomic E-state index is 0.657. The van der Waals surface area contributed by atoms with E-state index in [0.717, 1.165) is 12.8 Å². The molecule has 0 bridgehead atoms. The van der Waals surface area contributed by atoms with Crippen LogP contribution >= 0.6 is 0 Å². The van der Waals surface area contributed by atoms with E-state index in [1.807, 2.05) is 6.08 Å². The van der Waals surface area contributed by atoms with Crippen molar-refractivity contribution in [2.75, 3.05) is 6.54 Å². The Kier molecular flexibility index (Phi) is 2.97. The van der Waals surface area contributed by atoms with Crippen LogP contribution in [0.25, 0.3) is 0 Å². The Morgan fingerprint density at radius 3 is 3.00 bits per heavy atom. The second kappa shape index (κ2) is 4.07. The molecule has 0 atom stereocenters. The fraction of sp³-hybridized carbons (Fsp3) is 0.333. The van der Waals surface area contributed by atoms with Crippen LogP contribution in [0.3, 0.4) is 0 Å². The first-order chi connectivity index (χ1) is 4.93. The smallest absolute Gasteiger partial charge is 0.0174 e. The van der Waals surface area contributed by atoms with Crippen LogP contribution in [0.15, 0.2) is 36.0 Å². The van der Waals surface area contributed by atoms with E-state index in [4.69, 9.17) is 5.73 Å². The van der Waals surface area contributed by atoms with Gasteiger partial charge in [-0.2, -0.15) is 0 Å². The van der Waals surface area contributed by atoms with Crippen LogP contribution in [0, 0.1) is 0 Å². The van der Waals surface area contributed by atoms with Gasteiger partial charge in [0.05, 0.1) is 0 Å². The number of rotatable bonds is 1. The molecule has 0 unspecified atom stereocenters. The van der Waals surface area contributed by atoms with Gasteiger partial charge in [0.15, 0.2) is 0 Å². The highest BCUT2D eigenvalue weighted by Crippen LogP contribution is 2.03. The highest BCUT2D eigenvalue weighted by Gasteiger charge is 1.88. The maximum absolute atomic E-state index is 5.48. The van der Waals surface area contributed by atoms with Gasteiger partial charge in [0.25, 0.3) is 0 Å². The highest BCUT2D eigenvalue weighted by atomic mass is 14.5. The van der Waals surface area contributed by atoms with E-state index in [9.17, 15) is 0 Å². The number of nitrogens with two attached hydrogens (primary N) is 1. The van der Waals surface area contributed by atoms with E-state index >= 15 is 0 Å². The van der Waals surface area contributed by atoms with Crippen LogP contribution in [0.4, 0.5) is 0 Å². The van der Waals surface area contributed by atoms with Gasteiger partial charge in [-0.15, -0.1) is 0 Å². The molecule has 0 saturated heterocycles. The molecule has 1 heteroatoms. The average molecular weight is 135 g/mol. The van der Waals surface area contributed by atoms with Crippen molar-refractivity contribution in [3.8, 4) is 0 Å². The van der Waals surface area contributed by atoms with Crippen molar-refractivity contribution in [2.45, 2.75) is 12.8 Å². The number of hydrogen-bond donors (Lipinski definition) is 1. The third-order valence-electron chi connectivity index (χ3n) is 1.53. The summed E-state index contributed by atoms with van der Waals surface area (Å²) in [6.45, 7) is 0.657. The zero-order chi connectivity index (χ0) is 7.23. The molecule has 0 fully saturated rings. The first-order valence-corrected chi connectivity index (χ1v) is 3.66. The molecule has 0 saturated carbocycles. The van der Waals surface area contributed by atoms with Crippen LogP contribution in [0.2, 0.25) is 0 Å². The maximum Gasteiger partial charge on any atom is 0.0174 e. The summed E-state index contributed by atoms with van der Waals surface area (Å²) in [5, 5.41) is 0. The Morgan fingerprint density at radius 1 is 1.30 bits per heavy atom. The lowest BCUT2D eigenvalue weighted by molar-refractivity contribution is 1.02. The summed E-state index contributed by atoms with van der Waals surface area (Å²) in [5.41, 5.74) is 6.72. The molecular weight excluding hydrogens is 122 g/mol. The molecule has 0 radical (unpaired) electrons. The average Bonchev–Trinajstić information content (AvgIpc) is 1.87. The minimum Gasteiger partial charge on any atom is -0.327 e. The summed E-state index contributed by atoms with van der Waals surface area (Å²) >= 11 is 0. The van der Waals surface area contributed by atoms with Crippen molar-refractivity contribution < 1.29 is 0 Å². The molecule has 0 spiro atoms. The summed E-state index contributed by atoms with van der Waals surface area (Å²) in [6.07, 6.45) is 12.8. The van der Waals surface area contributed by atoms with Crippen LogP contribution in [0.1, 0.15) is 12.8 Å². The molecule has 0 aromatic heterocycles. The molecule has 2 N–H and O–H groups in total. The Balaban J connectivity index is 2.62. The van der Waals surface area contributed by atoms with Gasteiger partial charge in [0.2, 0.25) is 0 Å². The zero-order valence-electron chi connectivity index (χ0n) is 6.09. The molecule has 10 heavy (non-hydrogen) atoms. The molecule has 0 amide bonds. The fourth-order valence-corrected chi connectivity index (χ4v) is 0.938. The highest BCUT2D eigenvalue weighted by molar-refractivity contribution is 5.24. The van der Waals surface area contributed by atoms with E-state index in [2.05, 4.69) is 24.3 Å². The second-order valence-corrected chi connectivity index (χ2v) is 2.35. The normalized spacial score (nSPS) is 21.1. The largest absolute Gasteiger partial charge is 0.327 e. The molecule has 0 aliphatic heterocycles. The Labute approximate surface area is 61.9 Å². The van der Waals surface area contributed by atoms with Crippen molar-refractivity contribution in [3.63, 3.8) is 0 Å². The molecule has 1 aliphatic rings. The van der Waals surface area contributed by atoms with E-state index in [0.29, 0.717) is 6.54 Å². The second-order valence-electron chi connectivity index (χ2n) is 2.35. The van der Waals surface area contributed by atoms with Gasteiger partial charge in [0, 0.05) is 6.54 Å². The fourth-order valence-electron chi connectivity index (χ4n) is 0.938. The Hall–Kier alpha value is -0.820. The molecular formula is C9H13N. The monoisotopic (exact) mass is 135 g/mol. The van der Waals surface area contributed by atoms with Crippen molar-refractivity contribution in [1.82, 2.24) is 0 Å². The quantitative estimate of drug-likeness (QED) is 0.582. The van der Waals surface area contributed by atoms with E-state index in [1.54, 1.807) is 0 Å². The predicted octanol–water partition coefficient (Wildman–Crippen LogP) is 1.78. The first kappa shape index (κ1) is 7.29. The summed E-state index contributed by atoms with van der Waals surface area (Å²) < 4.78 is 0. The van der Waals surface area contributed by atoms with Crippen molar-refractivity contribution in [1.29, 1.82) is 0 Å². The van der Waals surface area contributed by atoms with Gasteiger partial charge < -0.3 is 5.73 Å². The topological polar surface area (TPSA) is 26.0 Å². The van der Waals surface area contributed by atoms with Crippen LogP contribution in [0.5, 0.6) is 0 Å². The lowest BCUT2D eigenvalue weighted by Gasteiger charge is -1.98. The third kappa shape index (κ3) is 2.19. The lowest BCUT2D eigenvalue weighted by atomic mass is 10.1. The molecule has 0 aromatic rings. The predicted molar refractivity (Wildman–Crippen MR) is 44.7 cm³/mol. The standard InChI is InChI=1S/C9H13N/c10-8-9-6-4-2-1-3-5-7-9/h1-2,4,6-7H,3,5,8,10H2/b2-1+,6-4?,9-7?. The summed E-state index contributed by atoms with van der Waals surface area (Å²) in [4.78, 5) is 0. The number of allylic oxidation sites excluding steroid dienone is 4. The Morgan fingerprint density at radius 2 is 2.20 bits per heavy atom. The van der Waals surface area contributed by atoms with E-state index in [-0.39, 0.29) is 0 Å². The summed E-state index contributed by atoms with van der Waals surface area (Å²) in [6, 6.07) is 0. The molecule has 54 valence electrons. The van der Waals surface area contributed by atoms with Crippen LogP contribution in [-0.2, 0) is 0 Å². The molecule has 0 aromatic carbocycles. The van der Waals surface area contributed by atoms with Crippen molar-refractivity contribution in [3.05, 3.63) is 36.0 Å². The van der Waals surface area contributed by atoms with Crippen LogP contribution in [-0.4, -0.2) is 6.54 Å². The molecule has 1 rings (SSSR count). The molecule has 1 aliphatic carbocycles. The van der Waals surface area contributed by atoms with Gasteiger partial charge >= 0.3 is 0 Å². The summed E-state index contributed by atoms with van der Waals surface area (Å²) in [7, 11) is 0. The Bertz CT molecular complexity index is 172. The van der Waals surface area contributed by atoms with Gasteiger partial charge in [-0.05, 0) is 18.4 Å². The van der Waals surface area contributed by atoms with E-state index < -0.39 is 0 Å². The lowest BCUT2D eigenvalue weighted by Crippen LogP contribution is -2.00. The van der Waals surface area contributed by atoms with Crippen molar-refractivity contribution in [2.24, 2.45) is 5.73 Å². The van der Waals surface area contributed by atoms with Gasteiger partial charge in [-0.25, -0.2) is 0 Å². The van der Waals surface area contributed by atoms with Gasteiger partial charge in [-0.1, -0.05) is 30.4 Å².